The van der Waals surface area contributed by atoms with E-state index >= 15 is 0 Å². The monoisotopic (exact) mass is 379 g/mol. The average Bonchev–Trinajstić information content (AvgIpc) is 3.05. The number of likely N-dealkylation sites (tertiary alicyclic amines) is 1. The van der Waals surface area contributed by atoms with Crippen molar-refractivity contribution in [2.75, 3.05) is 19.7 Å². The van der Waals surface area contributed by atoms with Crippen LogP contribution in [0.15, 0.2) is 48.5 Å². The Balaban J connectivity index is 1.39. The van der Waals surface area contributed by atoms with Gasteiger partial charge in [0.2, 0.25) is 0 Å². The lowest BCUT2D eigenvalue weighted by atomic mass is 9.85. The fraction of sp³-hybridized carbons (Fsp3) is 0.391. The Hall–Kier alpha value is -2.82. The van der Waals surface area contributed by atoms with Crippen LogP contribution in [0.4, 0.5) is 4.79 Å². The van der Waals surface area contributed by atoms with Crippen molar-refractivity contribution in [2.45, 2.75) is 25.7 Å². The van der Waals surface area contributed by atoms with Gasteiger partial charge in [-0.3, -0.25) is 4.79 Å². The summed E-state index contributed by atoms with van der Waals surface area (Å²) in [4.78, 5) is 25.4. The molecule has 4 rings (SSSR count). The first-order chi connectivity index (χ1) is 13.6. The smallest absolute Gasteiger partial charge is 0.409 e. The van der Waals surface area contributed by atoms with Crippen LogP contribution in [-0.2, 0) is 9.53 Å². The summed E-state index contributed by atoms with van der Waals surface area (Å²) in [5.41, 5.74) is 4.82. The molecule has 1 unspecified atom stereocenters. The molecule has 2 aromatic rings. The lowest BCUT2D eigenvalue weighted by Gasteiger charge is -2.33. The third-order valence-corrected chi connectivity index (χ3v) is 6.23. The molecule has 28 heavy (non-hydrogen) atoms. The number of ether oxygens (including phenoxy) is 1. The molecule has 0 aromatic heterocycles. The maximum absolute atomic E-state index is 12.6. The zero-order chi connectivity index (χ0) is 19.7. The zero-order valence-corrected chi connectivity index (χ0v) is 16.0. The molecule has 1 aliphatic heterocycles. The first-order valence-corrected chi connectivity index (χ1v) is 9.89. The standard InChI is InChI=1S/C23H25NO4/c1-15(22(25)26)16-10-12-24(13-11-16)23(27)28-14-21-19-8-4-2-6-17(19)18-7-3-5-9-20(18)21/h2-9,15-16,21H,10-14H2,1H3,(H,25,26). The minimum atomic E-state index is -0.764. The summed E-state index contributed by atoms with van der Waals surface area (Å²) in [6, 6.07) is 16.5. The number of piperidine rings is 1. The Labute approximate surface area is 164 Å². The quantitative estimate of drug-likeness (QED) is 0.857. The largest absolute Gasteiger partial charge is 0.481 e. The van der Waals surface area contributed by atoms with Gasteiger partial charge < -0.3 is 14.7 Å². The van der Waals surface area contributed by atoms with Gasteiger partial charge in [0.15, 0.2) is 0 Å². The highest BCUT2D eigenvalue weighted by molar-refractivity contribution is 5.79. The number of fused-ring (bicyclic) bond motifs is 3. The molecule has 1 N–H and O–H groups in total. The van der Waals surface area contributed by atoms with Crippen LogP contribution in [0.5, 0.6) is 0 Å². The van der Waals surface area contributed by atoms with Gasteiger partial charge in [-0.2, -0.15) is 0 Å². The highest BCUT2D eigenvalue weighted by atomic mass is 16.6. The van der Waals surface area contributed by atoms with E-state index in [0.717, 1.165) is 0 Å². The molecule has 1 fully saturated rings. The minimum Gasteiger partial charge on any atom is -0.481 e. The second-order valence-corrected chi connectivity index (χ2v) is 7.76. The van der Waals surface area contributed by atoms with Crippen molar-refractivity contribution in [1.29, 1.82) is 0 Å². The SMILES string of the molecule is CC(C(=O)O)C1CCN(C(=O)OCC2c3ccccc3-c3ccccc32)CC1. The van der Waals surface area contributed by atoms with Gasteiger partial charge in [0.1, 0.15) is 6.61 Å². The number of benzene rings is 2. The van der Waals surface area contributed by atoms with Gasteiger partial charge in [0.25, 0.3) is 0 Å². The molecule has 1 amide bonds. The van der Waals surface area contributed by atoms with Gasteiger partial charge in [-0.25, -0.2) is 4.79 Å². The van der Waals surface area contributed by atoms with Crippen LogP contribution in [0.1, 0.15) is 36.8 Å². The van der Waals surface area contributed by atoms with Crippen LogP contribution in [0.3, 0.4) is 0 Å². The van der Waals surface area contributed by atoms with E-state index in [9.17, 15) is 9.59 Å². The van der Waals surface area contributed by atoms with Gasteiger partial charge in [-0.15, -0.1) is 0 Å². The number of amides is 1. The Morgan fingerprint density at radius 3 is 2.11 bits per heavy atom. The summed E-state index contributed by atoms with van der Waals surface area (Å²) in [5.74, 6) is -0.958. The van der Waals surface area contributed by atoms with E-state index in [0.29, 0.717) is 32.5 Å². The summed E-state index contributed by atoms with van der Waals surface area (Å²) in [7, 11) is 0. The van der Waals surface area contributed by atoms with Gasteiger partial charge in [0, 0.05) is 19.0 Å². The number of carbonyl (C=O) groups is 2. The topological polar surface area (TPSA) is 66.8 Å². The van der Waals surface area contributed by atoms with Gasteiger partial charge in [-0.05, 0) is 41.0 Å². The molecule has 0 spiro atoms. The number of carboxylic acid groups (broad SMARTS) is 1. The van der Waals surface area contributed by atoms with Crippen LogP contribution in [-0.4, -0.2) is 41.8 Å². The number of aliphatic carboxylic acids is 1. The lowest BCUT2D eigenvalue weighted by molar-refractivity contribution is -0.143. The van der Waals surface area contributed by atoms with E-state index in [1.54, 1.807) is 11.8 Å². The molecule has 5 heteroatoms. The van der Waals surface area contributed by atoms with Crippen LogP contribution in [0.2, 0.25) is 0 Å². The third kappa shape index (κ3) is 3.37. The number of hydrogen-bond donors (Lipinski definition) is 1. The van der Waals surface area contributed by atoms with Crippen molar-refractivity contribution in [3.63, 3.8) is 0 Å². The van der Waals surface area contributed by atoms with E-state index < -0.39 is 5.97 Å². The average molecular weight is 379 g/mol. The van der Waals surface area contributed by atoms with Crippen molar-refractivity contribution in [3.05, 3.63) is 59.7 Å². The minimum absolute atomic E-state index is 0.0564. The number of nitrogens with zero attached hydrogens (tertiary/aromatic N) is 1. The number of carbonyl (C=O) groups excluding carboxylic acids is 1. The van der Waals surface area contributed by atoms with E-state index in [4.69, 9.17) is 9.84 Å². The van der Waals surface area contributed by atoms with E-state index in [-0.39, 0.29) is 23.8 Å². The summed E-state index contributed by atoms with van der Waals surface area (Å²) >= 11 is 0. The molecular weight excluding hydrogens is 354 g/mol. The third-order valence-electron chi connectivity index (χ3n) is 6.23. The molecular formula is C23H25NO4. The van der Waals surface area contributed by atoms with Crippen LogP contribution in [0.25, 0.3) is 11.1 Å². The molecule has 1 atom stereocenters. The van der Waals surface area contributed by atoms with Crippen molar-refractivity contribution in [1.82, 2.24) is 4.90 Å². The molecule has 5 nitrogen and oxygen atoms in total. The fourth-order valence-corrected chi connectivity index (χ4v) is 4.47. The Kier molecular flexibility index (Phi) is 5.07. The van der Waals surface area contributed by atoms with Gasteiger partial charge in [-0.1, -0.05) is 55.5 Å². The Bertz CT molecular complexity index is 840. The lowest BCUT2D eigenvalue weighted by Crippen LogP contribution is -2.41. The predicted octanol–water partition coefficient (Wildman–Crippen LogP) is 4.37. The predicted molar refractivity (Wildman–Crippen MR) is 106 cm³/mol. The number of hydrogen-bond acceptors (Lipinski definition) is 3. The molecule has 0 saturated carbocycles. The molecule has 1 aliphatic carbocycles. The molecule has 0 bridgehead atoms. The summed E-state index contributed by atoms with van der Waals surface area (Å²) in [6.45, 7) is 3.17. The van der Waals surface area contributed by atoms with E-state index in [1.807, 2.05) is 24.3 Å². The second-order valence-electron chi connectivity index (χ2n) is 7.76. The number of rotatable bonds is 4. The molecule has 2 aliphatic rings. The summed E-state index contributed by atoms with van der Waals surface area (Å²) in [5, 5.41) is 9.17. The molecule has 0 radical (unpaired) electrons. The maximum atomic E-state index is 12.6. The highest BCUT2D eigenvalue weighted by Gasteiger charge is 2.32. The normalized spacial score (nSPS) is 17.7. The van der Waals surface area contributed by atoms with Crippen molar-refractivity contribution in [2.24, 2.45) is 11.8 Å². The van der Waals surface area contributed by atoms with Gasteiger partial charge >= 0.3 is 12.1 Å². The molecule has 2 aromatic carbocycles. The maximum Gasteiger partial charge on any atom is 0.409 e. The van der Waals surface area contributed by atoms with Crippen LogP contribution < -0.4 is 0 Å². The first-order valence-electron chi connectivity index (χ1n) is 9.89. The Morgan fingerprint density at radius 2 is 1.57 bits per heavy atom. The number of carboxylic acids is 1. The molecule has 1 saturated heterocycles. The van der Waals surface area contributed by atoms with Crippen molar-refractivity contribution in [3.8, 4) is 11.1 Å². The van der Waals surface area contributed by atoms with Crippen molar-refractivity contribution < 1.29 is 19.4 Å². The van der Waals surface area contributed by atoms with Crippen LogP contribution >= 0.6 is 0 Å². The van der Waals surface area contributed by atoms with Gasteiger partial charge in [0.05, 0.1) is 5.92 Å². The van der Waals surface area contributed by atoms with E-state index in [1.165, 1.54) is 22.3 Å². The summed E-state index contributed by atoms with van der Waals surface area (Å²) < 4.78 is 5.69. The first kappa shape index (κ1) is 18.5. The highest BCUT2D eigenvalue weighted by Crippen LogP contribution is 2.44. The zero-order valence-electron chi connectivity index (χ0n) is 16.0. The molecule has 1 heterocycles. The summed E-state index contributed by atoms with van der Waals surface area (Å²) in [6.07, 6.45) is 1.11. The van der Waals surface area contributed by atoms with Crippen LogP contribution in [0, 0.1) is 11.8 Å². The second kappa shape index (κ2) is 7.66. The fourth-order valence-electron chi connectivity index (χ4n) is 4.47. The molecule has 146 valence electrons. The van der Waals surface area contributed by atoms with E-state index in [2.05, 4.69) is 24.3 Å². The Morgan fingerprint density at radius 1 is 1.04 bits per heavy atom. The van der Waals surface area contributed by atoms with Crippen molar-refractivity contribution >= 4 is 12.1 Å².